The first-order valence-electron chi connectivity index (χ1n) is 6.55. The fourth-order valence-electron chi connectivity index (χ4n) is 2.85. The highest BCUT2D eigenvalue weighted by Crippen LogP contribution is 2.28. The smallest absolute Gasteiger partial charge is 0.253 e. The number of hydrogen-bond acceptors (Lipinski definition) is 2. The summed E-state index contributed by atoms with van der Waals surface area (Å²) in [5, 5.41) is 3.38. The molecule has 0 saturated heterocycles. The molecule has 0 spiro atoms. The number of aromatic nitrogens is 1. The Hall–Kier alpha value is -1.09. The van der Waals surface area contributed by atoms with E-state index >= 15 is 0 Å². The van der Waals surface area contributed by atoms with Crippen LogP contribution < -0.4 is 10.9 Å². The van der Waals surface area contributed by atoms with E-state index in [-0.39, 0.29) is 5.56 Å². The summed E-state index contributed by atoms with van der Waals surface area (Å²) in [5.74, 6) is 0.729. The Kier molecular flexibility index (Phi) is 4.00. The molecule has 0 amide bonds. The molecular weight excluding hydrogens is 212 g/mol. The summed E-state index contributed by atoms with van der Waals surface area (Å²) in [6, 6.07) is 4.26. The molecule has 0 aromatic carbocycles. The number of nitrogens with zero attached hydrogens (tertiary/aromatic N) is 1. The first-order valence-corrected chi connectivity index (χ1v) is 6.55. The van der Waals surface area contributed by atoms with Crippen molar-refractivity contribution >= 4 is 0 Å². The number of hydrogen-bond donors (Lipinski definition) is 1. The highest BCUT2D eigenvalue weighted by molar-refractivity contribution is 5.07. The van der Waals surface area contributed by atoms with Gasteiger partial charge in [0.05, 0.1) is 0 Å². The summed E-state index contributed by atoms with van der Waals surface area (Å²) in [5.41, 5.74) is 0.972. The van der Waals surface area contributed by atoms with E-state index < -0.39 is 0 Å². The quantitative estimate of drug-likeness (QED) is 0.864. The van der Waals surface area contributed by atoms with Gasteiger partial charge in [0.15, 0.2) is 0 Å². The Morgan fingerprint density at radius 3 is 2.82 bits per heavy atom. The maximum Gasteiger partial charge on any atom is 0.253 e. The second-order valence-electron chi connectivity index (χ2n) is 5.09. The number of nitrogens with one attached hydrogen (secondary N) is 1. The molecule has 1 N–H and O–H groups in total. The van der Waals surface area contributed by atoms with E-state index in [9.17, 15) is 4.79 Å². The van der Waals surface area contributed by atoms with Crippen LogP contribution in [0, 0.1) is 12.8 Å². The van der Waals surface area contributed by atoms with Gasteiger partial charge in [-0.15, -0.1) is 0 Å². The summed E-state index contributed by atoms with van der Waals surface area (Å²) in [4.78, 5) is 12.0. The van der Waals surface area contributed by atoms with Gasteiger partial charge in [-0.2, -0.15) is 0 Å². The molecule has 1 aliphatic carbocycles. The van der Waals surface area contributed by atoms with Gasteiger partial charge in [-0.25, -0.2) is 0 Å². The van der Waals surface area contributed by atoms with E-state index in [0.29, 0.717) is 6.04 Å². The molecule has 0 aliphatic heterocycles. The van der Waals surface area contributed by atoms with Crippen LogP contribution in [0.4, 0.5) is 0 Å². The summed E-state index contributed by atoms with van der Waals surface area (Å²) in [7, 11) is 2.00. The van der Waals surface area contributed by atoms with Crippen molar-refractivity contribution in [1.82, 2.24) is 9.88 Å². The van der Waals surface area contributed by atoms with Crippen LogP contribution in [0.2, 0.25) is 0 Å². The van der Waals surface area contributed by atoms with Crippen molar-refractivity contribution in [1.29, 1.82) is 0 Å². The third kappa shape index (κ3) is 2.78. The number of likely N-dealkylation sites (N-methyl/N-ethyl adjacent to an activating group) is 1. The third-order valence-electron chi connectivity index (χ3n) is 3.94. The lowest BCUT2D eigenvalue weighted by atomic mass is 9.98. The minimum atomic E-state index is 0.144. The van der Waals surface area contributed by atoms with Gasteiger partial charge in [0, 0.05) is 24.3 Å². The standard InChI is InChI=1S/C14H22N2O/c1-11-6-5-9-16(14(11)17)10-13(15-2)12-7-3-4-8-12/h5-6,9,12-13,15H,3-4,7-8,10H2,1-2H3. The first-order chi connectivity index (χ1) is 8.22. The summed E-state index contributed by atoms with van der Waals surface area (Å²) >= 11 is 0. The second kappa shape index (κ2) is 5.50. The van der Waals surface area contributed by atoms with Crippen LogP contribution in [0.1, 0.15) is 31.2 Å². The Morgan fingerprint density at radius 1 is 1.47 bits per heavy atom. The van der Waals surface area contributed by atoms with E-state index in [4.69, 9.17) is 0 Å². The molecule has 3 nitrogen and oxygen atoms in total. The van der Waals surface area contributed by atoms with Gasteiger partial charge >= 0.3 is 0 Å². The average Bonchev–Trinajstić information content (AvgIpc) is 2.85. The van der Waals surface area contributed by atoms with E-state index in [1.807, 2.05) is 36.9 Å². The lowest BCUT2D eigenvalue weighted by Crippen LogP contribution is -2.39. The Labute approximate surface area is 103 Å². The maximum absolute atomic E-state index is 12.0. The molecule has 1 atom stereocenters. The molecule has 0 bridgehead atoms. The molecule has 1 aliphatic rings. The largest absolute Gasteiger partial charge is 0.315 e. The minimum Gasteiger partial charge on any atom is -0.315 e. The van der Waals surface area contributed by atoms with Crippen molar-refractivity contribution in [2.45, 2.75) is 45.2 Å². The van der Waals surface area contributed by atoms with Gasteiger partial charge in [0.1, 0.15) is 0 Å². The molecule has 1 saturated carbocycles. The molecule has 2 rings (SSSR count). The van der Waals surface area contributed by atoms with Gasteiger partial charge < -0.3 is 9.88 Å². The average molecular weight is 234 g/mol. The zero-order valence-corrected chi connectivity index (χ0v) is 10.8. The normalized spacial score (nSPS) is 18.5. The monoisotopic (exact) mass is 234 g/mol. The number of aryl methyl sites for hydroxylation is 1. The molecule has 1 aromatic heterocycles. The van der Waals surface area contributed by atoms with Crippen molar-refractivity contribution in [3.05, 3.63) is 34.2 Å². The van der Waals surface area contributed by atoms with Crippen molar-refractivity contribution < 1.29 is 0 Å². The third-order valence-corrected chi connectivity index (χ3v) is 3.94. The van der Waals surface area contributed by atoms with Crippen molar-refractivity contribution in [2.75, 3.05) is 7.05 Å². The molecule has 1 fully saturated rings. The maximum atomic E-state index is 12.0. The van der Waals surface area contributed by atoms with Gasteiger partial charge in [0.2, 0.25) is 0 Å². The van der Waals surface area contributed by atoms with Crippen molar-refractivity contribution in [2.24, 2.45) is 5.92 Å². The summed E-state index contributed by atoms with van der Waals surface area (Å²) in [6.45, 7) is 2.67. The van der Waals surface area contributed by atoms with Crippen LogP contribution in [-0.4, -0.2) is 17.7 Å². The fourth-order valence-corrected chi connectivity index (χ4v) is 2.85. The number of rotatable bonds is 4. The fraction of sp³-hybridized carbons (Fsp3) is 0.643. The minimum absolute atomic E-state index is 0.144. The Bertz CT molecular complexity index is 418. The second-order valence-corrected chi connectivity index (χ2v) is 5.09. The molecule has 1 heterocycles. The van der Waals surface area contributed by atoms with Crippen LogP contribution >= 0.6 is 0 Å². The Balaban J connectivity index is 2.12. The molecule has 17 heavy (non-hydrogen) atoms. The zero-order chi connectivity index (χ0) is 12.3. The van der Waals surface area contributed by atoms with Crippen molar-refractivity contribution in [3.63, 3.8) is 0 Å². The van der Waals surface area contributed by atoms with Crippen LogP contribution in [0.5, 0.6) is 0 Å². The van der Waals surface area contributed by atoms with E-state index in [1.165, 1.54) is 25.7 Å². The highest BCUT2D eigenvalue weighted by atomic mass is 16.1. The molecule has 3 heteroatoms. The van der Waals surface area contributed by atoms with Gasteiger partial charge in [-0.3, -0.25) is 4.79 Å². The summed E-state index contributed by atoms with van der Waals surface area (Å²) in [6.07, 6.45) is 7.17. The van der Waals surface area contributed by atoms with Gasteiger partial charge in [0.25, 0.3) is 5.56 Å². The molecular formula is C14H22N2O. The Morgan fingerprint density at radius 2 is 2.18 bits per heavy atom. The van der Waals surface area contributed by atoms with Crippen LogP contribution in [0.15, 0.2) is 23.1 Å². The lowest BCUT2D eigenvalue weighted by molar-refractivity contribution is 0.336. The topological polar surface area (TPSA) is 34.0 Å². The predicted octanol–water partition coefficient (Wildman–Crippen LogP) is 1.93. The number of pyridine rings is 1. The van der Waals surface area contributed by atoms with Gasteiger partial charge in [-0.1, -0.05) is 18.9 Å². The van der Waals surface area contributed by atoms with E-state index in [1.54, 1.807) is 0 Å². The van der Waals surface area contributed by atoms with E-state index in [0.717, 1.165) is 18.0 Å². The molecule has 1 unspecified atom stereocenters. The molecule has 0 radical (unpaired) electrons. The van der Waals surface area contributed by atoms with Crippen molar-refractivity contribution in [3.8, 4) is 0 Å². The summed E-state index contributed by atoms with van der Waals surface area (Å²) < 4.78 is 1.84. The molecule has 94 valence electrons. The first kappa shape index (κ1) is 12.4. The van der Waals surface area contributed by atoms with Crippen LogP contribution in [0.3, 0.4) is 0 Å². The van der Waals surface area contributed by atoms with E-state index in [2.05, 4.69) is 5.32 Å². The SMILES string of the molecule is CNC(Cn1cccc(C)c1=O)C1CCCC1. The van der Waals surface area contributed by atoms with Crippen LogP contribution in [0.25, 0.3) is 0 Å². The lowest BCUT2D eigenvalue weighted by Gasteiger charge is -2.23. The predicted molar refractivity (Wildman–Crippen MR) is 70.2 cm³/mol. The highest BCUT2D eigenvalue weighted by Gasteiger charge is 2.24. The van der Waals surface area contributed by atoms with Gasteiger partial charge in [-0.05, 0) is 38.8 Å². The molecule has 1 aromatic rings. The zero-order valence-electron chi connectivity index (χ0n) is 10.8. The van der Waals surface area contributed by atoms with Crippen LogP contribution in [-0.2, 0) is 6.54 Å².